The van der Waals surface area contributed by atoms with Crippen LogP contribution >= 0.6 is 23.2 Å². The lowest BCUT2D eigenvalue weighted by Crippen LogP contribution is -2.36. The molecular weight excluding hydrogens is 277 g/mol. The summed E-state index contributed by atoms with van der Waals surface area (Å²) in [5.74, 6) is 0. The average molecular weight is 300 g/mol. The maximum Gasteiger partial charge on any atom is 0.0453 e. The van der Waals surface area contributed by atoms with Crippen LogP contribution in [0.5, 0.6) is 0 Å². The molecule has 1 aromatic carbocycles. The van der Waals surface area contributed by atoms with Gasteiger partial charge >= 0.3 is 0 Å². The van der Waals surface area contributed by atoms with E-state index in [4.69, 9.17) is 23.2 Å². The standard InChI is InChI=1S/C16H23Cl2N/c1-3-16(4-2,11-19-14-7-8-14)10-12-5-6-13(17)9-15(12)18/h5-6,9,14,19H,3-4,7-8,10-11H2,1-2H3. The Morgan fingerprint density at radius 2 is 1.89 bits per heavy atom. The van der Waals surface area contributed by atoms with Crippen molar-refractivity contribution in [3.8, 4) is 0 Å². The van der Waals surface area contributed by atoms with Gasteiger partial charge in [0, 0.05) is 22.6 Å². The minimum atomic E-state index is 0.306. The topological polar surface area (TPSA) is 12.0 Å². The molecule has 106 valence electrons. The van der Waals surface area contributed by atoms with Crippen molar-refractivity contribution in [2.75, 3.05) is 6.54 Å². The molecule has 1 aromatic rings. The SMILES string of the molecule is CCC(CC)(CNC1CC1)Cc1ccc(Cl)cc1Cl. The number of hydrogen-bond acceptors (Lipinski definition) is 1. The van der Waals surface area contributed by atoms with Crippen LogP contribution in [0, 0.1) is 5.41 Å². The first kappa shape index (κ1) is 15.2. The molecule has 3 heteroatoms. The Morgan fingerprint density at radius 3 is 2.42 bits per heavy atom. The summed E-state index contributed by atoms with van der Waals surface area (Å²) in [6.45, 7) is 5.65. The molecule has 0 heterocycles. The first-order valence-corrected chi connectivity index (χ1v) is 8.01. The smallest absolute Gasteiger partial charge is 0.0453 e. The van der Waals surface area contributed by atoms with Crippen LogP contribution in [-0.4, -0.2) is 12.6 Å². The molecule has 2 rings (SSSR count). The van der Waals surface area contributed by atoms with Gasteiger partial charge in [0.05, 0.1) is 0 Å². The van der Waals surface area contributed by atoms with E-state index in [2.05, 4.69) is 25.2 Å². The zero-order chi connectivity index (χ0) is 13.9. The van der Waals surface area contributed by atoms with Gasteiger partial charge in [-0.3, -0.25) is 0 Å². The molecule has 0 aromatic heterocycles. The average Bonchev–Trinajstić information content (AvgIpc) is 3.21. The third-order valence-corrected chi connectivity index (χ3v) is 5.01. The maximum atomic E-state index is 6.32. The summed E-state index contributed by atoms with van der Waals surface area (Å²) in [7, 11) is 0. The summed E-state index contributed by atoms with van der Waals surface area (Å²) in [4.78, 5) is 0. The van der Waals surface area contributed by atoms with Crippen LogP contribution in [0.2, 0.25) is 10.0 Å². The number of rotatable bonds is 7. The van der Waals surface area contributed by atoms with Crippen molar-refractivity contribution in [2.45, 2.75) is 52.0 Å². The van der Waals surface area contributed by atoms with Crippen molar-refractivity contribution in [1.82, 2.24) is 5.32 Å². The molecule has 1 saturated carbocycles. The van der Waals surface area contributed by atoms with Gasteiger partial charge in [-0.25, -0.2) is 0 Å². The Bertz CT molecular complexity index is 423. The van der Waals surface area contributed by atoms with Crippen LogP contribution in [0.25, 0.3) is 0 Å². The Morgan fingerprint density at radius 1 is 1.21 bits per heavy atom. The second-order valence-electron chi connectivity index (χ2n) is 5.77. The van der Waals surface area contributed by atoms with Gasteiger partial charge in [-0.1, -0.05) is 43.1 Å². The molecule has 0 saturated heterocycles. The molecule has 1 fully saturated rings. The number of nitrogens with one attached hydrogen (secondary N) is 1. The largest absolute Gasteiger partial charge is 0.313 e. The summed E-state index contributed by atoms with van der Waals surface area (Å²) < 4.78 is 0. The van der Waals surface area contributed by atoms with Gasteiger partial charge < -0.3 is 5.32 Å². The molecule has 1 N–H and O–H groups in total. The fourth-order valence-electron chi connectivity index (χ4n) is 2.53. The highest BCUT2D eigenvalue weighted by atomic mass is 35.5. The van der Waals surface area contributed by atoms with Crippen molar-refractivity contribution in [3.05, 3.63) is 33.8 Å². The molecule has 0 amide bonds. The molecule has 0 atom stereocenters. The highest BCUT2D eigenvalue weighted by Crippen LogP contribution is 2.34. The van der Waals surface area contributed by atoms with Crippen LogP contribution < -0.4 is 5.32 Å². The van der Waals surface area contributed by atoms with E-state index in [1.54, 1.807) is 0 Å². The molecule has 0 radical (unpaired) electrons. The molecule has 1 aliphatic carbocycles. The molecule has 1 nitrogen and oxygen atoms in total. The van der Waals surface area contributed by atoms with Crippen LogP contribution in [0.1, 0.15) is 45.1 Å². The van der Waals surface area contributed by atoms with Crippen LogP contribution in [0.4, 0.5) is 0 Å². The lowest BCUT2D eigenvalue weighted by atomic mass is 9.77. The second-order valence-corrected chi connectivity index (χ2v) is 6.62. The van der Waals surface area contributed by atoms with E-state index in [9.17, 15) is 0 Å². The first-order valence-electron chi connectivity index (χ1n) is 7.26. The van der Waals surface area contributed by atoms with Gasteiger partial charge in [0.2, 0.25) is 0 Å². The minimum absolute atomic E-state index is 0.306. The first-order chi connectivity index (χ1) is 9.08. The fourth-order valence-corrected chi connectivity index (χ4v) is 3.01. The molecule has 1 aliphatic rings. The van der Waals surface area contributed by atoms with Crippen molar-refractivity contribution in [1.29, 1.82) is 0 Å². The Kier molecular flexibility index (Phi) is 5.16. The summed E-state index contributed by atoms with van der Waals surface area (Å²) in [6, 6.07) is 6.62. The van der Waals surface area contributed by atoms with Crippen molar-refractivity contribution < 1.29 is 0 Å². The van der Waals surface area contributed by atoms with Gasteiger partial charge in [-0.05, 0) is 55.2 Å². The van der Waals surface area contributed by atoms with Crippen molar-refractivity contribution in [2.24, 2.45) is 5.41 Å². The predicted octanol–water partition coefficient (Wildman–Crippen LogP) is 5.09. The van der Waals surface area contributed by atoms with Crippen LogP contribution in [-0.2, 0) is 6.42 Å². The highest BCUT2D eigenvalue weighted by molar-refractivity contribution is 6.35. The molecule has 0 spiro atoms. The molecule has 0 bridgehead atoms. The van der Waals surface area contributed by atoms with E-state index >= 15 is 0 Å². The quantitative estimate of drug-likeness (QED) is 0.739. The Labute approximate surface area is 126 Å². The second kappa shape index (κ2) is 6.47. The fraction of sp³-hybridized carbons (Fsp3) is 0.625. The van der Waals surface area contributed by atoms with E-state index < -0.39 is 0 Å². The minimum Gasteiger partial charge on any atom is -0.313 e. The molecule has 19 heavy (non-hydrogen) atoms. The summed E-state index contributed by atoms with van der Waals surface area (Å²) in [5, 5.41) is 5.19. The lowest BCUT2D eigenvalue weighted by molar-refractivity contribution is 0.245. The van der Waals surface area contributed by atoms with Crippen LogP contribution in [0.3, 0.4) is 0 Å². The number of halogens is 2. The lowest BCUT2D eigenvalue weighted by Gasteiger charge is -2.33. The third kappa shape index (κ3) is 4.11. The van der Waals surface area contributed by atoms with E-state index in [1.165, 1.54) is 31.2 Å². The molecular formula is C16H23Cl2N. The Hall–Kier alpha value is -0.240. The monoisotopic (exact) mass is 299 g/mol. The van der Waals surface area contributed by atoms with Crippen molar-refractivity contribution >= 4 is 23.2 Å². The van der Waals surface area contributed by atoms with E-state index in [-0.39, 0.29) is 0 Å². The zero-order valence-corrected chi connectivity index (χ0v) is 13.3. The normalized spacial score (nSPS) is 15.8. The molecule has 0 unspecified atom stereocenters. The molecule has 0 aliphatic heterocycles. The van der Waals surface area contributed by atoms with Gasteiger partial charge in [0.15, 0.2) is 0 Å². The predicted molar refractivity (Wildman–Crippen MR) is 84.2 cm³/mol. The van der Waals surface area contributed by atoms with Gasteiger partial charge in [-0.15, -0.1) is 0 Å². The third-order valence-electron chi connectivity index (χ3n) is 4.42. The zero-order valence-electron chi connectivity index (χ0n) is 11.8. The number of hydrogen-bond donors (Lipinski definition) is 1. The Balaban J connectivity index is 2.09. The van der Waals surface area contributed by atoms with Crippen LogP contribution in [0.15, 0.2) is 18.2 Å². The van der Waals surface area contributed by atoms with Gasteiger partial charge in [0.1, 0.15) is 0 Å². The maximum absolute atomic E-state index is 6.32. The summed E-state index contributed by atoms with van der Waals surface area (Å²) >= 11 is 12.3. The van der Waals surface area contributed by atoms with Crippen molar-refractivity contribution in [3.63, 3.8) is 0 Å². The van der Waals surface area contributed by atoms with E-state index in [1.807, 2.05) is 12.1 Å². The highest BCUT2D eigenvalue weighted by Gasteiger charge is 2.30. The van der Waals surface area contributed by atoms with Gasteiger partial charge in [0.25, 0.3) is 0 Å². The summed E-state index contributed by atoms with van der Waals surface area (Å²) in [6.07, 6.45) is 6.04. The van der Waals surface area contributed by atoms with E-state index in [0.29, 0.717) is 10.4 Å². The van der Waals surface area contributed by atoms with Gasteiger partial charge in [-0.2, -0.15) is 0 Å². The summed E-state index contributed by atoms with van der Waals surface area (Å²) in [5.41, 5.74) is 1.52. The number of benzene rings is 1. The van der Waals surface area contributed by atoms with E-state index in [0.717, 1.165) is 24.0 Å².